The minimum atomic E-state index is -0.773. The molecular formula is C31H34N4O5. The molecule has 1 saturated heterocycles. The molecule has 3 aromatic rings. The first-order chi connectivity index (χ1) is 19.5. The van der Waals surface area contributed by atoms with E-state index in [4.69, 9.17) is 4.74 Å². The molecule has 9 nitrogen and oxygen atoms in total. The molecule has 0 saturated carbocycles. The van der Waals surface area contributed by atoms with E-state index in [9.17, 15) is 19.7 Å². The van der Waals surface area contributed by atoms with Crippen LogP contribution < -0.4 is 10.6 Å². The number of carbonyl (C=O) groups is 2. The summed E-state index contributed by atoms with van der Waals surface area (Å²) in [5.74, 6) is -0.281. The average Bonchev–Trinajstić information content (AvgIpc) is 2.99. The molecule has 1 fully saturated rings. The van der Waals surface area contributed by atoms with Gasteiger partial charge in [-0.15, -0.1) is 0 Å². The highest BCUT2D eigenvalue weighted by Gasteiger charge is 2.26. The van der Waals surface area contributed by atoms with Gasteiger partial charge < -0.3 is 20.3 Å². The second kappa shape index (κ2) is 14.6. The lowest BCUT2D eigenvalue weighted by atomic mass is 10.0. The fraction of sp³-hybridized carbons (Fsp3) is 0.290. The van der Waals surface area contributed by atoms with Gasteiger partial charge in [0.05, 0.1) is 18.1 Å². The van der Waals surface area contributed by atoms with Crippen LogP contribution in [0.2, 0.25) is 0 Å². The van der Waals surface area contributed by atoms with Crippen molar-refractivity contribution in [2.45, 2.75) is 31.3 Å². The zero-order valence-electron chi connectivity index (χ0n) is 22.3. The molecule has 0 bridgehead atoms. The average molecular weight is 543 g/mol. The van der Waals surface area contributed by atoms with E-state index < -0.39 is 11.0 Å². The lowest BCUT2D eigenvalue weighted by Gasteiger charge is -2.29. The molecule has 0 aromatic heterocycles. The summed E-state index contributed by atoms with van der Waals surface area (Å²) in [6, 6.07) is 24.4. The summed E-state index contributed by atoms with van der Waals surface area (Å²) in [5, 5.41) is 17.1. The Hall–Kier alpha value is -4.50. The van der Waals surface area contributed by atoms with Gasteiger partial charge in [0.1, 0.15) is 6.04 Å². The Morgan fingerprint density at radius 1 is 0.900 bits per heavy atom. The van der Waals surface area contributed by atoms with Crippen molar-refractivity contribution in [1.29, 1.82) is 0 Å². The first-order valence-electron chi connectivity index (χ1n) is 13.4. The number of carbonyl (C=O) groups excluding carboxylic acids is 2. The van der Waals surface area contributed by atoms with E-state index in [0.29, 0.717) is 39.1 Å². The standard InChI is InChI=1S/C31H34N4O5/c36-30(29(23-26-9-5-2-6-10-26)33-31(37)34-19-21-40-22-20-34)32-27(15-11-24-7-3-1-4-8-24)16-12-25-13-17-28(18-14-25)35(38)39/h1-10,12-14,16-18,27,29H,11,15,19-23H2,(H,32,36)(H,33,37)/b16-12+/t27-,29?/m0/s1. The van der Waals surface area contributed by atoms with E-state index in [2.05, 4.69) is 10.6 Å². The highest BCUT2D eigenvalue weighted by Crippen LogP contribution is 2.15. The number of aryl methyl sites for hydroxylation is 1. The summed E-state index contributed by atoms with van der Waals surface area (Å²) in [4.78, 5) is 38.9. The number of nitrogens with zero attached hydrogens (tertiary/aromatic N) is 2. The van der Waals surface area contributed by atoms with Gasteiger partial charge in [0.2, 0.25) is 5.91 Å². The molecule has 0 aliphatic carbocycles. The first kappa shape index (κ1) is 28.5. The van der Waals surface area contributed by atoms with Gasteiger partial charge in [-0.25, -0.2) is 4.79 Å². The van der Waals surface area contributed by atoms with Crippen LogP contribution in [0.1, 0.15) is 23.1 Å². The Bertz CT molecular complexity index is 1280. The number of urea groups is 1. The summed E-state index contributed by atoms with van der Waals surface area (Å²) in [6.45, 7) is 1.89. The first-order valence-corrected chi connectivity index (χ1v) is 13.4. The third-order valence-corrected chi connectivity index (χ3v) is 6.73. The van der Waals surface area contributed by atoms with Crippen LogP contribution in [0.25, 0.3) is 6.08 Å². The van der Waals surface area contributed by atoms with Gasteiger partial charge in [0.25, 0.3) is 5.69 Å². The molecule has 3 amide bonds. The maximum absolute atomic E-state index is 13.6. The van der Waals surface area contributed by atoms with Gasteiger partial charge in [-0.1, -0.05) is 72.8 Å². The zero-order valence-corrected chi connectivity index (χ0v) is 22.3. The number of nitro groups is 1. The van der Waals surface area contributed by atoms with Crippen LogP contribution in [0, 0.1) is 10.1 Å². The Kier molecular flexibility index (Phi) is 10.4. The van der Waals surface area contributed by atoms with Crippen molar-refractivity contribution < 1.29 is 19.2 Å². The van der Waals surface area contributed by atoms with Crippen molar-refractivity contribution in [2.24, 2.45) is 0 Å². The monoisotopic (exact) mass is 542 g/mol. The second-order valence-electron chi connectivity index (χ2n) is 9.64. The molecule has 4 rings (SSSR count). The minimum absolute atomic E-state index is 0.0193. The summed E-state index contributed by atoms with van der Waals surface area (Å²) < 4.78 is 5.35. The van der Waals surface area contributed by atoms with Crippen LogP contribution >= 0.6 is 0 Å². The van der Waals surface area contributed by atoms with Crippen molar-refractivity contribution in [3.8, 4) is 0 Å². The fourth-order valence-electron chi connectivity index (χ4n) is 4.47. The quantitative estimate of drug-likeness (QED) is 0.276. The van der Waals surface area contributed by atoms with Crippen LogP contribution in [0.15, 0.2) is 91.0 Å². The number of morpholine rings is 1. The topological polar surface area (TPSA) is 114 Å². The van der Waals surface area contributed by atoms with Crippen LogP contribution in [-0.4, -0.2) is 60.1 Å². The molecule has 2 N–H and O–H groups in total. The molecule has 208 valence electrons. The Balaban J connectivity index is 1.50. The maximum atomic E-state index is 13.6. The zero-order chi connectivity index (χ0) is 28.2. The van der Waals surface area contributed by atoms with E-state index >= 15 is 0 Å². The summed E-state index contributed by atoms with van der Waals surface area (Å²) in [7, 11) is 0. The van der Waals surface area contributed by atoms with E-state index in [1.807, 2.05) is 72.8 Å². The lowest BCUT2D eigenvalue weighted by molar-refractivity contribution is -0.384. The lowest BCUT2D eigenvalue weighted by Crippen LogP contribution is -2.55. The minimum Gasteiger partial charge on any atom is -0.378 e. The van der Waals surface area contributed by atoms with Gasteiger partial charge in [-0.05, 0) is 41.7 Å². The SMILES string of the molecule is O=C(N[C@H](/C=C/c1ccc([N+](=O)[O-])cc1)CCc1ccccc1)C(Cc1ccccc1)NC(=O)N1CCOCC1. The number of nitro benzene ring substituents is 1. The molecule has 9 heteroatoms. The van der Waals surface area contributed by atoms with Gasteiger partial charge in [0.15, 0.2) is 0 Å². The number of nitrogens with one attached hydrogen (secondary N) is 2. The number of benzene rings is 3. The van der Waals surface area contributed by atoms with Crippen LogP contribution in [0.5, 0.6) is 0 Å². The van der Waals surface area contributed by atoms with Gasteiger partial charge in [-0.2, -0.15) is 0 Å². The number of rotatable bonds is 11. The normalized spacial score (nSPS) is 14.8. The Morgan fingerprint density at radius 2 is 1.52 bits per heavy atom. The molecule has 40 heavy (non-hydrogen) atoms. The number of hydrogen-bond acceptors (Lipinski definition) is 5. The Labute approximate surface area is 234 Å². The molecule has 1 aliphatic heterocycles. The van der Waals surface area contributed by atoms with Crippen molar-refractivity contribution >= 4 is 23.7 Å². The predicted octanol–water partition coefficient (Wildman–Crippen LogP) is 4.38. The molecule has 1 aliphatic rings. The molecule has 1 heterocycles. The number of non-ortho nitro benzene ring substituents is 1. The maximum Gasteiger partial charge on any atom is 0.318 e. The number of ether oxygens (including phenoxy) is 1. The van der Waals surface area contributed by atoms with Gasteiger partial charge in [-0.3, -0.25) is 14.9 Å². The second-order valence-corrected chi connectivity index (χ2v) is 9.64. The highest BCUT2D eigenvalue weighted by molar-refractivity contribution is 5.87. The van der Waals surface area contributed by atoms with Crippen molar-refractivity contribution in [3.63, 3.8) is 0 Å². The molecule has 3 aromatic carbocycles. The number of hydrogen-bond donors (Lipinski definition) is 2. The largest absolute Gasteiger partial charge is 0.378 e. The van der Waals surface area contributed by atoms with E-state index in [0.717, 1.165) is 23.1 Å². The van der Waals surface area contributed by atoms with E-state index in [-0.39, 0.29) is 23.7 Å². The summed E-state index contributed by atoms with van der Waals surface area (Å²) in [6.07, 6.45) is 5.46. The number of amides is 3. The van der Waals surface area contributed by atoms with Crippen molar-refractivity contribution in [2.75, 3.05) is 26.3 Å². The Morgan fingerprint density at radius 3 is 2.15 bits per heavy atom. The molecule has 2 atom stereocenters. The molecule has 1 unspecified atom stereocenters. The van der Waals surface area contributed by atoms with Crippen LogP contribution in [0.4, 0.5) is 10.5 Å². The van der Waals surface area contributed by atoms with Crippen molar-refractivity contribution in [3.05, 3.63) is 118 Å². The van der Waals surface area contributed by atoms with Gasteiger partial charge in [0, 0.05) is 37.7 Å². The van der Waals surface area contributed by atoms with E-state index in [1.165, 1.54) is 12.1 Å². The third-order valence-electron chi connectivity index (χ3n) is 6.73. The van der Waals surface area contributed by atoms with Crippen LogP contribution in [-0.2, 0) is 22.4 Å². The highest BCUT2D eigenvalue weighted by atomic mass is 16.6. The molecule has 0 spiro atoms. The van der Waals surface area contributed by atoms with Gasteiger partial charge >= 0.3 is 6.03 Å². The molecule has 0 radical (unpaired) electrons. The summed E-state index contributed by atoms with van der Waals surface area (Å²) >= 11 is 0. The smallest absolute Gasteiger partial charge is 0.318 e. The summed E-state index contributed by atoms with van der Waals surface area (Å²) in [5.41, 5.74) is 2.89. The van der Waals surface area contributed by atoms with E-state index in [1.54, 1.807) is 17.0 Å². The van der Waals surface area contributed by atoms with Crippen LogP contribution in [0.3, 0.4) is 0 Å². The predicted molar refractivity (Wildman–Crippen MR) is 154 cm³/mol. The molecular weight excluding hydrogens is 508 g/mol. The fourth-order valence-corrected chi connectivity index (χ4v) is 4.47. The van der Waals surface area contributed by atoms with Crippen molar-refractivity contribution in [1.82, 2.24) is 15.5 Å². The third kappa shape index (κ3) is 8.78.